The normalized spacial score (nSPS) is 21.8. The standard InChI is InChI=1S/C21H28N2O/c1-17-15-22(20-11-6-12-21(24)14-20)16-18(2)23(17)13-7-10-19-8-4-3-5-9-19/h3-6,8-9,11-12,14,17-18,24H,7,10,13,15-16H2,1-2H3/t17-,18+. The van der Waals surface area contributed by atoms with Gasteiger partial charge in [-0.1, -0.05) is 36.4 Å². The van der Waals surface area contributed by atoms with Crippen molar-refractivity contribution in [2.45, 2.75) is 38.8 Å². The first-order valence-corrected chi connectivity index (χ1v) is 8.97. The predicted molar refractivity (Wildman–Crippen MR) is 101 cm³/mol. The van der Waals surface area contributed by atoms with Gasteiger partial charge in [0.25, 0.3) is 0 Å². The van der Waals surface area contributed by atoms with Gasteiger partial charge in [0.15, 0.2) is 0 Å². The van der Waals surface area contributed by atoms with Gasteiger partial charge in [0.05, 0.1) is 0 Å². The third kappa shape index (κ3) is 4.09. The van der Waals surface area contributed by atoms with Crippen LogP contribution in [-0.2, 0) is 6.42 Å². The van der Waals surface area contributed by atoms with Crippen molar-refractivity contribution < 1.29 is 5.11 Å². The molecule has 3 rings (SSSR count). The monoisotopic (exact) mass is 324 g/mol. The Morgan fingerprint density at radius 2 is 1.67 bits per heavy atom. The largest absolute Gasteiger partial charge is 0.508 e. The molecule has 1 saturated heterocycles. The van der Waals surface area contributed by atoms with Gasteiger partial charge in [0.1, 0.15) is 5.75 Å². The number of phenolic OH excluding ortho intramolecular Hbond substituents is 1. The molecule has 1 heterocycles. The van der Waals surface area contributed by atoms with Gasteiger partial charge in [-0.15, -0.1) is 0 Å². The number of hydrogen-bond acceptors (Lipinski definition) is 3. The van der Waals surface area contributed by atoms with Crippen LogP contribution in [0.5, 0.6) is 5.75 Å². The summed E-state index contributed by atoms with van der Waals surface area (Å²) in [6.45, 7) is 7.80. The molecule has 3 nitrogen and oxygen atoms in total. The van der Waals surface area contributed by atoms with Crippen LogP contribution in [0.4, 0.5) is 5.69 Å². The maximum Gasteiger partial charge on any atom is 0.117 e. The van der Waals surface area contributed by atoms with Crippen LogP contribution in [-0.4, -0.2) is 41.7 Å². The molecule has 2 aromatic rings. The molecular weight excluding hydrogens is 296 g/mol. The molecule has 24 heavy (non-hydrogen) atoms. The van der Waals surface area contributed by atoms with Crippen molar-refractivity contribution in [3.63, 3.8) is 0 Å². The first-order valence-electron chi connectivity index (χ1n) is 8.97. The van der Waals surface area contributed by atoms with E-state index in [0.717, 1.165) is 31.7 Å². The van der Waals surface area contributed by atoms with E-state index in [1.54, 1.807) is 6.07 Å². The zero-order chi connectivity index (χ0) is 16.9. The second-order valence-corrected chi connectivity index (χ2v) is 6.95. The minimum atomic E-state index is 0.345. The number of rotatable bonds is 5. The van der Waals surface area contributed by atoms with E-state index in [2.05, 4.69) is 60.0 Å². The molecule has 0 radical (unpaired) electrons. The van der Waals surface area contributed by atoms with Crippen molar-refractivity contribution in [1.29, 1.82) is 0 Å². The van der Waals surface area contributed by atoms with Gasteiger partial charge in [-0.25, -0.2) is 0 Å². The molecule has 0 unspecified atom stereocenters. The molecular formula is C21H28N2O. The lowest BCUT2D eigenvalue weighted by Crippen LogP contribution is -2.57. The fourth-order valence-corrected chi connectivity index (χ4v) is 3.81. The van der Waals surface area contributed by atoms with Gasteiger partial charge in [0.2, 0.25) is 0 Å². The number of anilines is 1. The third-order valence-electron chi connectivity index (χ3n) is 5.02. The fraction of sp³-hybridized carbons (Fsp3) is 0.429. The Hall–Kier alpha value is -2.00. The number of aromatic hydroxyl groups is 1. The average Bonchev–Trinajstić information content (AvgIpc) is 2.58. The maximum absolute atomic E-state index is 9.71. The summed E-state index contributed by atoms with van der Waals surface area (Å²) in [6, 6.07) is 19.4. The van der Waals surface area contributed by atoms with Crippen LogP contribution in [0.3, 0.4) is 0 Å². The van der Waals surface area contributed by atoms with Gasteiger partial charge in [-0.2, -0.15) is 0 Å². The van der Waals surface area contributed by atoms with E-state index in [0.29, 0.717) is 17.8 Å². The van der Waals surface area contributed by atoms with E-state index in [1.165, 1.54) is 12.0 Å². The Bertz CT molecular complexity index is 631. The highest BCUT2D eigenvalue weighted by Crippen LogP contribution is 2.25. The molecule has 0 amide bonds. The molecule has 0 spiro atoms. The van der Waals surface area contributed by atoms with Crippen LogP contribution in [0.2, 0.25) is 0 Å². The second-order valence-electron chi connectivity index (χ2n) is 6.95. The summed E-state index contributed by atoms with van der Waals surface area (Å²) in [5.41, 5.74) is 2.55. The lowest BCUT2D eigenvalue weighted by molar-refractivity contribution is 0.130. The molecule has 3 heteroatoms. The molecule has 0 aromatic heterocycles. The van der Waals surface area contributed by atoms with Crippen molar-refractivity contribution >= 4 is 5.69 Å². The van der Waals surface area contributed by atoms with Crippen LogP contribution < -0.4 is 4.90 Å². The molecule has 2 aromatic carbocycles. The van der Waals surface area contributed by atoms with E-state index in [4.69, 9.17) is 0 Å². The summed E-state index contributed by atoms with van der Waals surface area (Å²) >= 11 is 0. The van der Waals surface area contributed by atoms with E-state index >= 15 is 0 Å². The highest BCUT2D eigenvalue weighted by atomic mass is 16.3. The van der Waals surface area contributed by atoms with Crippen molar-refractivity contribution in [1.82, 2.24) is 4.90 Å². The minimum Gasteiger partial charge on any atom is -0.508 e. The summed E-state index contributed by atoms with van der Waals surface area (Å²) in [5, 5.41) is 9.71. The average molecular weight is 324 g/mol. The van der Waals surface area contributed by atoms with Crippen LogP contribution in [0.15, 0.2) is 54.6 Å². The number of aryl methyl sites for hydroxylation is 1. The highest BCUT2D eigenvalue weighted by molar-refractivity contribution is 5.51. The number of nitrogens with zero attached hydrogens (tertiary/aromatic N) is 2. The van der Waals surface area contributed by atoms with Crippen LogP contribution in [0.25, 0.3) is 0 Å². The first-order chi connectivity index (χ1) is 11.6. The van der Waals surface area contributed by atoms with Gasteiger partial charge < -0.3 is 10.0 Å². The summed E-state index contributed by atoms with van der Waals surface area (Å²) in [4.78, 5) is 5.02. The van der Waals surface area contributed by atoms with E-state index in [9.17, 15) is 5.11 Å². The SMILES string of the molecule is C[C@@H]1CN(c2cccc(O)c2)C[C@H](C)N1CCCc1ccccc1. The van der Waals surface area contributed by atoms with E-state index < -0.39 is 0 Å². The van der Waals surface area contributed by atoms with E-state index in [1.807, 2.05) is 12.1 Å². The number of phenols is 1. The summed E-state index contributed by atoms with van der Waals surface area (Å²) in [6.07, 6.45) is 2.35. The topological polar surface area (TPSA) is 26.7 Å². The zero-order valence-corrected chi connectivity index (χ0v) is 14.7. The summed E-state index contributed by atoms with van der Waals surface area (Å²) in [5.74, 6) is 0.345. The predicted octanol–water partition coefficient (Wildman–Crippen LogP) is 3.92. The fourth-order valence-electron chi connectivity index (χ4n) is 3.81. The molecule has 1 aliphatic heterocycles. The van der Waals surface area contributed by atoms with Crippen molar-refractivity contribution in [2.24, 2.45) is 0 Å². The zero-order valence-electron chi connectivity index (χ0n) is 14.7. The summed E-state index contributed by atoms with van der Waals surface area (Å²) < 4.78 is 0. The smallest absolute Gasteiger partial charge is 0.117 e. The lowest BCUT2D eigenvalue weighted by Gasteiger charge is -2.45. The Balaban J connectivity index is 1.55. The quantitative estimate of drug-likeness (QED) is 0.903. The first kappa shape index (κ1) is 16.8. The van der Waals surface area contributed by atoms with E-state index in [-0.39, 0.29) is 0 Å². The van der Waals surface area contributed by atoms with Crippen LogP contribution in [0, 0.1) is 0 Å². The lowest BCUT2D eigenvalue weighted by atomic mass is 10.0. The highest BCUT2D eigenvalue weighted by Gasteiger charge is 2.29. The van der Waals surface area contributed by atoms with Crippen molar-refractivity contribution in [2.75, 3.05) is 24.5 Å². The second kappa shape index (κ2) is 7.71. The molecule has 1 fully saturated rings. The molecule has 0 saturated carbocycles. The van der Waals surface area contributed by atoms with Gasteiger partial charge in [-0.05, 0) is 50.9 Å². The Kier molecular flexibility index (Phi) is 5.41. The Morgan fingerprint density at radius 3 is 2.33 bits per heavy atom. The van der Waals surface area contributed by atoms with Gasteiger partial charge in [-0.3, -0.25) is 4.90 Å². The van der Waals surface area contributed by atoms with Gasteiger partial charge >= 0.3 is 0 Å². The molecule has 0 aliphatic carbocycles. The Labute approximate surface area is 145 Å². The third-order valence-corrected chi connectivity index (χ3v) is 5.02. The molecule has 1 aliphatic rings. The number of benzene rings is 2. The molecule has 128 valence electrons. The van der Waals surface area contributed by atoms with Gasteiger partial charge in [0, 0.05) is 36.9 Å². The number of hydrogen-bond donors (Lipinski definition) is 1. The van der Waals surface area contributed by atoms with Crippen LogP contribution in [0.1, 0.15) is 25.8 Å². The van der Waals surface area contributed by atoms with Crippen molar-refractivity contribution in [3.05, 3.63) is 60.2 Å². The van der Waals surface area contributed by atoms with Crippen molar-refractivity contribution in [3.8, 4) is 5.75 Å². The minimum absolute atomic E-state index is 0.345. The number of piperazine rings is 1. The maximum atomic E-state index is 9.71. The molecule has 0 bridgehead atoms. The molecule has 2 atom stereocenters. The molecule has 1 N–H and O–H groups in total. The summed E-state index contributed by atoms with van der Waals surface area (Å²) in [7, 11) is 0. The Morgan fingerprint density at radius 1 is 0.958 bits per heavy atom. The van der Waals surface area contributed by atoms with Crippen LogP contribution >= 0.6 is 0 Å².